The molecule has 1 amide bonds. The van der Waals surface area contributed by atoms with Crippen LogP contribution >= 0.6 is 11.6 Å². The summed E-state index contributed by atoms with van der Waals surface area (Å²) in [5, 5.41) is 0.466. The molecule has 12 heteroatoms. The number of aromatic nitrogens is 1. The normalized spacial score (nSPS) is 15.3. The second-order valence-corrected chi connectivity index (χ2v) is 15.7. The quantitative estimate of drug-likeness (QED) is 0.189. The van der Waals surface area contributed by atoms with Crippen LogP contribution in [0.3, 0.4) is 0 Å². The maximum Gasteiger partial charge on any atom is 0.424 e. The number of hydrogen-bond donors (Lipinski definition) is 0. The Morgan fingerprint density at radius 2 is 1.54 bits per heavy atom. The number of fused-ring (bicyclic) bond motifs is 1. The summed E-state index contributed by atoms with van der Waals surface area (Å²) in [4.78, 5) is 40.0. The zero-order valence-corrected chi connectivity index (χ0v) is 29.3. The van der Waals surface area contributed by atoms with Crippen molar-refractivity contribution in [3.63, 3.8) is 0 Å². The molecule has 2 aromatic carbocycles. The summed E-state index contributed by atoms with van der Waals surface area (Å²) in [5.74, 6) is -1.41. The summed E-state index contributed by atoms with van der Waals surface area (Å²) in [6.45, 7) is 11.9. The third-order valence-corrected chi connectivity index (χ3v) is 10.00. The van der Waals surface area contributed by atoms with E-state index in [4.69, 9.17) is 25.8 Å². The van der Waals surface area contributed by atoms with Crippen molar-refractivity contribution in [1.29, 1.82) is 0 Å². The summed E-state index contributed by atoms with van der Waals surface area (Å²) >= 11 is 6.60. The summed E-state index contributed by atoms with van der Waals surface area (Å²) < 4.78 is 47.6. The van der Waals surface area contributed by atoms with E-state index in [-0.39, 0.29) is 21.2 Å². The lowest BCUT2D eigenvalue weighted by atomic mass is 9.94. The highest BCUT2D eigenvalue weighted by Crippen LogP contribution is 2.42. The lowest BCUT2D eigenvalue weighted by molar-refractivity contribution is -0.141. The van der Waals surface area contributed by atoms with E-state index in [9.17, 15) is 22.8 Å². The molecule has 0 aliphatic heterocycles. The molecule has 0 bridgehead atoms. The fourth-order valence-corrected chi connectivity index (χ4v) is 7.85. The van der Waals surface area contributed by atoms with Crippen LogP contribution < -0.4 is 0 Å². The first-order chi connectivity index (χ1) is 21.4. The highest BCUT2D eigenvalue weighted by molar-refractivity contribution is 7.89. The van der Waals surface area contributed by atoms with Crippen LogP contribution in [-0.4, -0.2) is 59.8 Å². The van der Waals surface area contributed by atoms with Crippen molar-refractivity contribution in [3.8, 4) is 11.3 Å². The van der Waals surface area contributed by atoms with Gasteiger partial charge in [-0.15, -0.1) is 0 Å². The number of hydrogen-bond acceptors (Lipinski definition) is 8. The van der Waals surface area contributed by atoms with Crippen molar-refractivity contribution in [2.75, 3.05) is 7.11 Å². The van der Waals surface area contributed by atoms with E-state index < -0.39 is 51.3 Å². The minimum absolute atomic E-state index is 0.115. The molecule has 46 heavy (non-hydrogen) atoms. The van der Waals surface area contributed by atoms with Crippen molar-refractivity contribution < 1.29 is 37.0 Å². The predicted molar refractivity (Wildman–Crippen MR) is 177 cm³/mol. The number of benzene rings is 2. The number of amides is 1. The van der Waals surface area contributed by atoms with Gasteiger partial charge in [0.05, 0.1) is 35.3 Å². The van der Waals surface area contributed by atoms with E-state index in [1.165, 1.54) is 23.8 Å². The third-order valence-electron chi connectivity index (χ3n) is 7.70. The molecule has 1 atom stereocenters. The number of nitrogens with zero attached hydrogens (tertiary/aromatic N) is 2. The Morgan fingerprint density at radius 3 is 2.13 bits per heavy atom. The van der Waals surface area contributed by atoms with Gasteiger partial charge in [0.15, 0.2) is 0 Å². The van der Waals surface area contributed by atoms with Crippen LogP contribution in [0.2, 0.25) is 5.02 Å². The Kier molecular flexibility index (Phi) is 10.2. The Balaban J connectivity index is 2.02. The van der Waals surface area contributed by atoms with Gasteiger partial charge in [0.25, 0.3) is 10.0 Å². The van der Waals surface area contributed by atoms with Crippen molar-refractivity contribution in [3.05, 3.63) is 53.1 Å². The average Bonchev–Trinajstić information content (AvgIpc) is 3.30. The number of carbonyl (C=O) groups is 3. The molecule has 10 nitrogen and oxygen atoms in total. The van der Waals surface area contributed by atoms with E-state index >= 15 is 0 Å². The fourth-order valence-electron chi connectivity index (χ4n) is 5.80. The van der Waals surface area contributed by atoms with Gasteiger partial charge in [-0.1, -0.05) is 55.1 Å². The first-order valence-electron chi connectivity index (χ1n) is 15.4. The highest BCUT2D eigenvalue weighted by Gasteiger charge is 2.41. The van der Waals surface area contributed by atoms with Crippen molar-refractivity contribution in [1.82, 2.24) is 8.87 Å². The number of halogens is 1. The third kappa shape index (κ3) is 7.36. The van der Waals surface area contributed by atoms with Crippen LogP contribution in [0.1, 0.15) is 92.1 Å². The number of rotatable bonds is 6. The summed E-state index contributed by atoms with van der Waals surface area (Å²) in [6.07, 6.45) is 1.73. The maximum atomic E-state index is 14.5. The van der Waals surface area contributed by atoms with E-state index in [0.717, 1.165) is 23.6 Å². The monoisotopic (exact) mass is 674 g/mol. The second kappa shape index (κ2) is 13.3. The van der Waals surface area contributed by atoms with Gasteiger partial charge in [0, 0.05) is 16.5 Å². The van der Waals surface area contributed by atoms with Gasteiger partial charge in [0.1, 0.15) is 16.1 Å². The summed E-state index contributed by atoms with van der Waals surface area (Å²) in [5.41, 5.74) is -0.412. The number of para-hydroxylation sites is 1. The van der Waals surface area contributed by atoms with Gasteiger partial charge in [-0.05, 0) is 79.5 Å². The Bertz CT molecular complexity index is 1740. The SMILES string of the molecule is COC(=O)C(C)c1c(-c2ccc(Cl)c(S(=O)(=O)N(C(=O)OC(C)(C)C)C3CCCCC3)c2)n(C(=O)OC(C)(C)C)c2ccccc12. The molecule has 1 saturated carbocycles. The molecular weight excluding hydrogens is 632 g/mol. The molecule has 1 aliphatic carbocycles. The lowest BCUT2D eigenvalue weighted by Crippen LogP contribution is -2.47. The van der Waals surface area contributed by atoms with Crippen molar-refractivity contribution in [2.45, 2.75) is 109 Å². The average molecular weight is 675 g/mol. The molecule has 0 radical (unpaired) electrons. The molecule has 0 spiro atoms. The number of esters is 1. The summed E-state index contributed by atoms with van der Waals surface area (Å²) in [7, 11) is -3.30. The summed E-state index contributed by atoms with van der Waals surface area (Å²) in [6, 6.07) is 10.7. The van der Waals surface area contributed by atoms with E-state index in [0.29, 0.717) is 29.3 Å². The standard InChI is InChI=1S/C34H43ClN2O8S/c1-21(30(38)43-8)28-24-16-12-13-17-26(24)36(31(39)44-33(2,3)4)29(28)22-18-19-25(35)27(20-22)46(41,42)37(23-14-10-9-11-15-23)32(40)45-34(5,6)7/h12-13,16-21,23H,9-11,14-15H2,1-8H3. The van der Waals surface area contributed by atoms with E-state index in [1.807, 2.05) is 0 Å². The number of ether oxygens (including phenoxy) is 3. The molecule has 0 N–H and O–H groups in total. The van der Waals surface area contributed by atoms with Crippen molar-refractivity contribution >= 4 is 50.7 Å². The van der Waals surface area contributed by atoms with Gasteiger partial charge in [0.2, 0.25) is 0 Å². The van der Waals surface area contributed by atoms with Gasteiger partial charge >= 0.3 is 18.2 Å². The van der Waals surface area contributed by atoms with Crippen LogP contribution in [0.5, 0.6) is 0 Å². The second-order valence-electron chi connectivity index (χ2n) is 13.6. The van der Waals surface area contributed by atoms with Gasteiger partial charge in [-0.3, -0.25) is 4.79 Å². The lowest BCUT2D eigenvalue weighted by Gasteiger charge is -2.34. The van der Waals surface area contributed by atoms with Gasteiger partial charge < -0.3 is 14.2 Å². The van der Waals surface area contributed by atoms with Crippen LogP contribution in [0.15, 0.2) is 47.4 Å². The van der Waals surface area contributed by atoms with E-state index in [1.54, 1.807) is 78.8 Å². The first kappa shape index (κ1) is 35.3. The number of carbonyl (C=O) groups excluding carboxylic acids is 3. The van der Waals surface area contributed by atoms with Crippen LogP contribution in [-0.2, 0) is 29.0 Å². The first-order valence-corrected chi connectivity index (χ1v) is 17.2. The molecule has 250 valence electrons. The highest BCUT2D eigenvalue weighted by atomic mass is 35.5. The van der Waals surface area contributed by atoms with Crippen LogP contribution in [0, 0.1) is 0 Å². The molecule has 1 aliphatic rings. The Morgan fingerprint density at radius 1 is 0.935 bits per heavy atom. The van der Waals surface area contributed by atoms with E-state index in [2.05, 4.69) is 0 Å². The fraction of sp³-hybridized carbons (Fsp3) is 0.500. The molecule has 1 aromatic heterocycles. The van der Waals surface area contributed by atoms with Crippen LogP contribution in [0.4, 0.5) is 9.59 Å². The van der Waals surface area contributed by atoms with Crippen LogP contribution in [0.25, 0.3) is 22.2 Å². The minimum atomic E-state index is -4.57. The molecule has 0 saturated heterocycles. The zero-order chi connectivity index (χ0) is 34.2. The molecule has 1 fully saturated rings. The smallest absolute Gasteiger partial charge is 0.424 e. The molecule has 1 unspecified atom stereocenters. The Hall–Kier alpha value is -3.57. The zero-order valence-electron chi connectivity index (χ0n) is 27.7. The number of sulfonamides is 1. The predicted octanol–water partition coefficient (Wildman–Crippen LogP) is 8.28. The number of methoxy groups -OCH3 is 1. The largest absolute Gasteiger partial charge is 0.469 e. The topological polar surface area (TPSA) is 121 Å². The molecule has 1 heterocycles. The van der Waals surface area contributed by atoms with Gasteiger partial charge in [-0.25, -0.2) is 22.6 Å². The minimum Gasteiger partial charge on any atom is -0.469 e. The maximum absolute atomic E-state index is 14.5. The molecular formula is C34H43ClN2O8S. The Labute approximate surface area is 276 Å². The van der Waals surface area contributed by atoms with Gasteiger partial charge in [-0.2, -0.15) is 4.31 Å². The molecule has 3 aromatic rings. The molecule has 4 rings (SSSR count). The van der Waals surface area contributed by atoms with Crippen molar-refractivity contribution in [2.24, 2.45) is 0 Å².